The Kier molecular flexibility index (Phi) is 6.36. The van der Waals surface area contributed by atoms with Gasteiger partial charge in [0.2, 0.25) is 0 Å². The third-order valence-electron chi connectivity index (χ3n) is 5.26. The summed E-state index contributed by atoms with van der Waals surface area (Å²) in [6.07, 6.45) is 1.67. The normalized spacial score (nSPS) is 18.2. The van der Waals surface area contributed by atoms with Gasteiger partial charge in [-0.1, -0.05) is 26.0 Å². The van der Waals surface area contributed by atoms with E-state index in [9.17, 15) is 4.79 Å². The maximum Gasteiger partial charge on any atom is 0.261 e. The maximum absolute atomic E-state index is 13.0. The molecular formula is C24H31NO4. The minimum atomic E-state index is -0.553. The van der Waals surface area contributed by atoms with E-state index in [1.807, 2.05) is 63.2 Å². The summed E-state index contributed by atoms with van der Waals surface area (Å²) in [5.41, 5.74) is 1.79. The Morgan fingerprint density at radius 3 is 2.48 bits per heavy atom. The third-order valence-corrected chi connectivity index (χ3v) is 5.26. The number of rotatable bonds is 7. The van der Waals surface area contributed by atoms with Gasteiger partial charge in [-0.15, -0.1) is 0 Å². The second-order valence-corrected chi connectivity index (χ2v) is 8.04. The van der Waals surface area contributed by atoms with E-state index in [-0.39, 0.29) is 17.6 Å². The molecular weight excluding hydrogens is 366 g/mol. The molecule has 1 heterocycles. The van der Waals surface area contributed by atoms with Crippen LogP contribution in [0.1, 0.15) is 57.7 Å². The molecule has 156 valence electrons. The molecule has 29 heavy (non-hydrogen) atoms. The highest BCUT2D eigenvalue weighted by atomic mass is 16.5. The Hall–Kier alpha value is -2.69. The van der Waals surface area contributed by atoms with Gasteiger partial charge < -0.3 is 19.5 Å². The van der Waals surface area contributed by atoms with Crippen molar-refractivity contribution in [1.29, 1.82) is 0 Å². The highest BCUT2D eigenvalue weighted by Crippen LogP contribution is 2.41. The van der Waals surface area contributed by atoms with Crippen LogP contribution in [0.5, 0.6) is 17.2 Å². The minimum absolute atomic E-state index is 0.122. The lowest BCUT2D eigenvalue weighted by Gasteiger charge is -2.38. The Morgan fingerprint density at radius 1 is 1.17 bits per heavy atom. The molecule has 2 atom stereocenters. The summed E-state index contributed by atoms with van der Waals surface area (Å²) in [5.74, 6) is 2.10. The zero-order chi connectivity index (χ0) is 21.0. The first-order chi connectivity index (χ1) is 13.8. The van der Waals surface area contributed by atoms with Crippen molar-refractivity contribution < 1.29 is 19.0 Å². The molecule has 0 bridgehead atoms. The summed E-state index contributed by atoms with van der Waals surface area (Å²) < 4.78 is 17.4. The fourth-order valence-electron chi connectivity index (χ4n) is 3.64. The van der Waals surface area contributed by atoms with Gasteiger partial charge in [0.05, 0.1) is 13.2 Å². The van der Waals surface area contributed by atoms with Crippen LogP contribution in [0, 0.1) is 0 Å². The van der Waals surface area contributed by atoms with E-state index < -0.39 is 6.10 Å². The average Bonchev–Trinajstić information content (AvgIpc) is 2.71. The first-order valence-corrected chi connectivity index (χ1v) is 10.3. The highest BCUT2D eigenvalue weighted by Gasteiger charge is 2.36. The van der Waals surface area contributed by atoms with Crippen molar-refractivity contribution >= 4 is 5.91 Å². The smallest absolute Gasteiger partial charge is 0.261 e. The standard InChI is InChI=1S/C24H31NO4/c1-6-16-8-10-17(11-9-16)28-21(7-2)23(26)25-20-15-24(3,4)29-22-13-12-18(27-5)14-19(20)22/h8-14,20-21H,6-7,15H2,1-5H3,(H,25,26)/t20-,21+/m1/s1. The summed E-state index contributed by atoms with van der Waals surface area (Å²) in [7, 11) is 1.63. The molecule has 0 fully saturated rings. The van der Waals surface area contributed by atoms with Crippen molar-refractivity contribution in [3.63, 3.8) is 0 Å². The van der Waals surface area contributed by atoms with Gasteiger partial charge in [-0.2, -0.15) is 0 Å². The van der Waals surface area contributed by atoms with Gasteiger partial charge in [-0.25, -0.2) is 0 Å². The van der Waals surface area contributed by atoms with Gasteiger partial charge in [0.25, 0.3) is 5.91 Å². The quantitative estimate of drug-likeness (QED) is 0.727. The van der Waals surface area contributed by atoms with Crippen LogP contribution in [-0.2, 0) is 11.2 Å². The predicted molar refractivity (Wildman–Crippen MR) is 114 cm³/mol. The van der Waals surface area contributed by atoms with Gasteiger partial charge in [0, 0.05) is 12.0 Å². The van der Waals surface area contributed by atoms with Crippen LogP contribution < -0.4 is 19.5 Å². The molecule has 0 aromatic heterocycles. The Labute approximate surface area is 173 Å². The highest BCUT2D eigenvalue weighted by molar-refractivity contribution is 5.81. The van der Waals surface area contributed by atoms with Crippen molar-refractivity contribution in [2.75, 3.05) is 7.11 Å². The monoisotopic (exact) mass is 397 g/mol. The Morgan fingerprint density at radius 2 is 1.86 bits per heavy atom. The molecule has 1 amide bonds. The van der Waals surface area contributed by atoms with E-state index >= 15 is 0 Å². The van der Waals surface area contributed by atoms with Crippen molar-refractivity contribution in [2.24, 2.45) is 0 Å². The molecule has 1 aliphatic rings. The van der Waals surface area contributed by atoms with E-state index in [2.05, 4.69) is 12.2 Å². The van der Waals surface area contributed by atoms with Crippen LogP contribution in [0.15, 0.2) is 42.5 Å². The Balaban J connectivity index is 1.77. The second-order valence-electron chi connectivity index (χ2n) is 8.04. The number of carbonyl (C=O) groups is 1. The molecule has 1 aliphatic heterocycles. The van der Waals surface area contributed by atoms with Crippen molar-refractivity contribution in [1.82, 2.24) is 5.32 Å². The molecule has 0 radical (unpaired) electrons. The number of aryl methyl sites for hydroxylation is 1. The topological polar surface area (TPSA) is 56.8 Å². The van der Waals surface area contributed by atoms with Crippen LogP contribution in [0.2, 0.25) is 0 Å². The van der Waals surface area contributed by atoms with Gasteiger partial charge in [-0.05, 0) is 62.6 Å². The van der Waals surface area contributed by atoms with E-state index in [0.717, 1.165) is 23.5 Å². The first-order valence-electron chi connectivity index (χ1n) is 10.3. The molecule has 2 aromatic rings. The van der Waals surface area contributed by atoms with Crippen LogP contribution in [0.3, 0.4) is 0 Å². The molecule has 0 aliphatic carbocycles. The molecule has 0 unspecified atom stereocenters. The number of amides is 1. The number of methoxy groups -OCH3 is 1. The SMILES string of the molecule is CCc1ccc(O[C@@H](CC)C(=O)N[C@@H]2CC(C)(C)Oc3ccc(OC)cc32)cc1. The largest absolute Gasteiger partial charge is 0.497 e. The van der Waals surface area contributed by atoms with Gasteiger partial charge in [0.15, 0.2) is 6.10 Å². The summed E-state index contributed by atoms with van der Waals surface area (Å²) in [5, 5.41) is 3.18. The second kappa shape index (κ2) is 8.76. The number of hydrogen-bond acceptors (Lipinski definition) is 4. The molecule has 0 saturated carbocycles. The Bertz CT molecular complexity index is 844. The first kappa shape index (κ1) is 21.0. The fraction of sp³-hybridized carbons (Fsp3) is 0.458. The minimum Gasteiger partial charge on any atom is -0.497 e. The zero-order valence-corrected chi connectivity index (χ0v) is 18.0. The summed E-state index contributed by atoms with van der Waals surface area (Å²) in [6, 6.07) is 13.4. The van der Waals surface area contributed by atoms with Gasteiger partial charge in [0.1, 0.15) is 22.8 Å². The van der Waals surface area contributed by atoms with Gasteiger partial charge in [-0.3, -0.25) is 4.79 Å². The van der Waals surface area contributed by atoms with Crippen molar-refractivity contribution in [2.45, 2.75) is 64.7 Å². The van der Waals surface area contributed by atoms with E-state index in [4.69, 9.17) is 14.2 Å². The molecule has 0 spiro atoms. The van der Waals surface area contributed by atoms with Crippen LogP contribution in [0.4, 0.5) is 0 Å². The van der Waals surface area contributed by atoms with Crippen molar-refractivity contribution in [3.8, 4) is 17.2 Å². The van der Waals surface area contributed by atoms with E-state index in [0.29, 0.717) is 18.6 Å². The average molecular weight is 398 g/mol. The summed E-state index contributed by atoms with van der Waals surface area (Å²) >= 11 is 0. The lowest BCUT2D eigenvalue weighted by molar-refractivity contribution is -0.129. The molecule has 0 saturated heterocycles. The number of ether oxygens (including phenoxy) is 3. The molecule has 3 rings (SSSR count). The van der Waals surface area contributed by atoms with Crippen molar-refractivity contribution in [3.05, 3.63) is 53.6 Å². The summed E-state index contributed by atoms with van der Waals surface area (Å²) in [6.45, 7) is 8.13. The molecule has 5 heteroatoms. The predicted octanol–water partition coefficient (Wildman–Crippen LogP) is 4.83. The van der Waals surface area contributed by atoms with Crippen LogP contribution >= 0.6 is 0 Å². The number of benzene rings is 2. The van der Waals surface area contributed by atoms with Crippen LogP contribution in [0.25, 0.3) is 0 Å². The lowest BCUT2D eigenvalue weighted by atomic mass is 9.89. The van der Waals surface area contributed by atoms with E-state index in [1.165, 1.54) is 5.56 Å². The fourth-order valence-corrected chi connectivity index (χ4v) is 3.64. The van der Waals surface area contributed by atoms with Gasteiger partial charge >= 0.3 is 0 Å². The zero-order valence-electron chi connectivity index (χ0n) is 18.0. The van der Waals surface area contributed by atoms with E-state index in [1.54, 1.807) is 7.11 Å². The maximum atomic E-state index is 13.0. The molecule has 5 nitrogen and oxygen atoms in total. The van der Waals surface area contributed by atoms with Crippen LogP contribution in [-0.4, -0.2) is 24.7 Å². The lowest BCUT2D eigenvalue weighted by Crippen LogP contribution is -2.45. The third kappa shape index (κ3) is 5.03. The summed E-state index contributed by atoms with van der Waals surface area (Å²) in [4.78, 5) is 13.0. The molecule has 2 aromatic carbocycles. The number of carbonyl (C=O) groups excluding carboxylic acids is 1. The molecule has 1 N–H and O–H groups in total. The number of fused-ring (bicyclic) bond motifs is 1. The number of hydrogen-bond donors (Lipinski definition) is 1. The number of nitrogens with one attached hydrogen (secondary N) is 1.